The van der Waals surface area contributed by atoms with E-state index in [9.17, 15) is 4.79 Å². The van der Waals surface area contributed by atoms with Gasteiger partial charge in [-0.25, -0.2) is 0 Å². The Balaban J connectivity index is 1.97. The Hall–Kier alpha value is -1.13. The molecule has 0 saturated heterocycles. The maximum Gasteiger partial charge on any atom is 0.304 e. The average molecular weight is 255 g/mol. The number of carbonyl (C=O) groups is 1. The van der Waals surface area contributed by atoms with Gasteiger partial charge in [0.05, 0.1) is 11.4 Å². The van der Waals surface area contributed by atoms with Crippen LogP contribution in [-0.2, 0) is 11.3 Å². The first-order valence-corrected chi connectivity index (χ1v) is 6.09. The van der Waals surface area contributed by atoms with Crippen molar-refractivity contribution < 1.29 is 9.90 Å². The van der Waals surface area contributed by atoms with E-state index in [4.69, 9.17) is 16.7 Å². The molecule has 0 bridgehead atoms. The largest absolute Gasteiger partial charge is 0.481 e. The summed E-state index contributed by atoms with van der Waals surface area (Å²) in [5, 5.41) is 9.37. The van der Waals surface area contributed by atoms with E-state index in [-0.39, 0.29) is 6.42 Å². The van der Waals surface area contributed by atoms with E-state index in [1.807, 2.05) is 6.07 Å². The molecule has 0 unspecified atom stereocenters. The standard InChI is InChI=1S/C12H15ClN2O2/c13-11-7-14-5-3-9(11)8-15(10-1-2-10)6-4-12(16)17/h3,5,7,10H,1-2,4,6,8H2,(H,16,17). The van der Waals surface area contributed by atoms with Crippen LogP contribution < -0.4 is 0 Å². The third-order valence-electron chi connectivity index (χ3n) is 2.91. The van der Waals surface area contributed by atoms with E-state index in [0.717, 1.165) is 18.4 Å². The summed E-state index contributed by atoms with van der Waals surface area (Å²) >= 11 is 6.05. The van der Waals surface area contributed by atoms with Crippen LogP contribution in [0.1, 0.15) is 24.8 Å². The normalized spacial score (nSPS) is 15.2. The van der Waals surface area contributed by atoms with Crippen LogP contribution in [0, 0.1) is 0 Å². The van der Waals surface area contributed by atoms with Gasteiger partial charge in [-0.05, 0) is 24.5 Å². The molecule has 1 aliphatic rings. The van der Waals surface area contributed by atoms with Crippen LogP contribution in [0.2, 0.25) is 5.02 Å². The number of hydrogen-bond donors (Lipinski definition) is 1. The molecule has 1 heterocycles. The van der Waals surface area contributed by atoms with Crippen molar-refractivity contribution in [2.45, 2.75) is 31.8 Å². The van der Waals surface area contributed by atoms with E-state index < -0.39 is 5.97 Å². The highest BCUT2D eigenvalue weighted by molar-refractivity contribution is 6.31. The summed E-state index contributed by atoms with van der Waals surface area (Å²) in [5.74, 6) is -0.753. The lowest BCUT2D eigenvalue weighted by Gasteiger charge is -2.21. The number of carboxylic acids is 1. The zero-order chi connectivity index (χ0) is 12.3. The van der Waals surface area contributed by atoms with Gasteiger partial charge < -0.3 is 5.11 Å². The first-order chi connectivity index (χ1) is 8.16. The molecule has 1 aliphatic carbocycles. The van der Waals surface area contributed by atoms with Crippen LogP contribution in [0.5, 0.6) is 0 Å². The topological polar surface area (TPSA) is 53.4 Å². The minimum Gasteiger partial charge on any atom is -0.481 e. The lowest BCUT2D eigenvalue weighted by molar-refractivity contribution is -0.137. The number of nitrogens with zero attached hydrogens (tertiary/aromatic N) is 2. The van der Waals surface area contributed by atoms with Gasteiger partial charge in [-0.2, -0.15) is 0 Å². The van der Waals surface area contributed by atoms with Crippen molar-refractivity contribution in [2.75, 3.05) is 6.54 Å². The monoisotopic (exact) mass is 254 g/mol. The smallest absolute Gasteiger partial charge is 0.304 e. The molecule has 0 amide bonds. The van der Waals surface area contributed by atoms with Crippen molar-refractivity contribution >= 4 is 17.6 Å². The molecular weight excluding hydrogens is 240 g/mol. The molecule has 0 aromatic carbocycles. The van der Waals surface area contributed by atoms with Crippen molar-refractivity contribution in [3.8, 4) is 0 Å². The molecule has 0 spiro atoms. The predicted octanol–water partition coefficient (Wildman–Crippen LogP) is 2.17. The van der Waals surface area contributed by atoms with E-state index in [2.05, 4.69) is 9.88 Å². The fraction of sp³-hybridized carbons (Fsp3) is 0.500. The van der Waals surface area contributed by atoms with Gasteiger partial charge in [-0.1, -0.05) is 11.6 Å². The zero-order valence-electron chi connectivity index (χ0n) is 9.47. The molecule has 1 N–H and O–H groups in total. The SMILES string of the molecule is O=C(O)CCN(Cc1ccncc1Cl)C1CC1. The second-order valence-corrected chi connectivity index (χ2v) is 4.72. The number of carboxylic acid groups (broad SMARTS) is 1. The Labute approximate surface area is 105 Å². The van der Waals surface area contributed by atoms with Gasteiger partial charge in [-0.15, -0.1) is 0 Å². The van der Waals surface area contributed by atoms with E-state index in [1.165, 1.54) is 0 Å². The summed E-state index contributed by atoms with van der Waals surface area (Å²) < 4.78 is 0. The van der Waals surface area contributed by atoms with Gasteiger partial charge in [0.15, 0.2) is 0 Å². The number of rotatable bonds is 6. The van der Waals surface area contributed by atoms with Gasteiger partial charge >= 0.3 is 5.97 Å². The fourth-order valence-corrected chi connectivity index (χ4v) is 2.00. The molecule has 4 nitrogen and oxygen atoms in total. The van der Waals surface area contributed by atoms with Gasteiger partial charge in [0.25, 0.3) is 0 Å². The molecule has 92 valence electrons. The third-order valence-corrected chi connectivity index (χ3v) is 3.25. The third kappa shape index (κ3) is 3.68. The molecule has 17 heavy (non-hydrogen) atoms. The molecule has 5 heteroatoms. The maximum atomic E-state index is 10.6. The van der Waals surface area contributed by atoms with Crippen LogP contribution in [0.3, 0.4) is 0 Å². The first kappa shape index (κ1) is 12.3. The van der Waals surface area contributed by atoms with Crippen molar-refractivity contribution in [2.24, 2.45) is 0 Å². The first-order valence-electron chi connectivity index (χ1n) is 5.71. The molecule has 1 saturated carbocycles. The molecule has 1 fully saturated rings. The van der Waals surface area contributed by atoms with Crippen LogP contribution in [0.25, 0.3) is 0 Å². The highest BCUT2D eigenvalue weighted by Gasteiger charge is 2.29. The predicted molar refractivity (Wildman–Crippen MR) is 64.9 cm³/mol. The number of aromatic nitrogens is 1. The van der Waals surface area contributed by atoms with Crippen molar-refractivity contribution in [3.63, 3.8) is 0 Å². The van der Waals surface area contributed by atoms with Gasteiger partial charge in [-0.3, -0.25) is 14.7 Å². The molecule has 0 radical (unpaired) electrons. The molecule has 1 aromatic heterocycles. The zero-order valence-corrected chi connectivity index (χ0v) is 10.2. The summed E-state index contributed by atoms with van der Waals surface area (Å²) in [7, 11) is 0. The summed E-state index contributed by atoms with van der Waals surface area (Å²) in [6.45, 7) is 1.29. The summed E-state index contributed by atoms with van der Waals surface area (Å²) in [6.07, 6.45) is 5.83. The molecule has 1 aromatic rings. The van der Waals surface area contributed by atoms with Crippen LogP contribution in [0.4, 0.5) is 0 Å². The Kier molecular flexibility index (Phi) is 3.97. The van der Waals surface area contributed by atoms with Gasteiger partial charge in [0.1, 0.15) is 0 Å². The minimum absolute atomic E-state index is 0.180. The van der Waals surface area contributed by atoms with Crippen molar-refractivity contribution in [3.05, 3.63) is 29.0 Å². The highest BCUT2D eigenvalue weighted by Crippen LogP contribution is 2.29. The van der Waals surface area contributed by atoms with E-state index in [0.29, 0.717) is 24.2 Å². The summed E-state index contributed by atoms with van der Waals surface area (Å²) in [5.41, 5.74) is 1.01. The lowest BCUT2D eigenvalue weighted by atomic mass is 10.2. The maximum absolute atomic E-state index is 10.6. The van der Waals surface area contributed by atoms with Crippen molar-refractivity contribution in [1.29, 1.82) is 0 Å². The van der Waals surface area contributed by atoms with Crippen LogP contribution in [0.15, 0.2) is 18.5 Å². The summed E-state index contributed by atoms with van der Waals surface area (Å²) in [6, 6.07) is 2.41. The highest BCUT2D eigenvalue weighted by atomic mass is 35.5. The average Bonchev–Trinajstić information content (AvgIpc) is 3.10. The Morgan fingerprint density at radius 2 is 2.35 bits per heavy atom. The van der Waals surface area contributed by atoms with Crippen molar-refractivity contribution in [1.82, 2.24) is 9.88 Å². The second-order valence-electron chi connectivity index (χ2n) is 4.31. The molecule has 0 aliphatic heterocycles. The lowest BCUT2D eigenvalue weighted by Crippen LogP contribution is -2.28. The Morgan fingerprint density at radius 3 is 2.94 bits per heavy atom. The van der Waals surface area contributed by atoms with Gasteiger partial charge in [0.2, 0.25) is 0 Å². The second kappa shape index (κ2) is 5.47. The molecule has 0 atom stereocenters. The minimum atomic E-state index is -0.753. The number of hydrogen-bond acceptors (Lipinski definition) is 3. The molecular formula is C12H15ClN2O2. The van der Waals surface area contributed by atoms with E-state index >= 15 is 0 Å². The Morgan fingerprint density at radius 1 is 1.59 bits per heavy atom. The Bertz CT molecular complexity index is 407. The number of halogens is 1. The number of aliphatic carboxylic acids is 1. The fourth-order valence-electron chi connectivity index (χ4n) is 1.82. The number of pyridine rings is 1. The van der Waals surface area contributed by atoms with Crippen LogP contribution in [-0.4, -0.2) is 33.5 Å². The van der Waals surface area contributed by atoms with Crippen LogP contribution >= 0.6 is 11.6 Å². The molecule has 2 rings (SSSR count). The van der Waals surface area contributed by atoms with Gasteiger partial charge in [0, 0.05) is 31.5 Å². The summed E-state index contributed by atoms with van der Waals surface area (Å²) in [4.78, 5) is 16.7. The quantitative estimate of drug-likeness (QED) is 0.845. The van der Waals surface area contributed by atoms with E-state index in [1.54, 1.807) is 12.4 Å².